The first-order chi connectivity index (χ1) is 15.1. The van der Waals surface area contributed by atoms with Crippen LogP contribution >= 0.6 is 0 Å². The molecule has 0 spiro atoms. The van der Waals surface area contributed by atoms with Gasteiger partial charge in [-0.1, -0.05) is 12.1 Å². The third-order valence-electron chi connectivity index (χ3n) is 4.29. The average Bonchev–Trinajstić information content (AvgIpc) is 3.17. The van der Waals surface area contributed by atoms with Gasteiger partial charge in [-0.15, -0.1) is 0 Å². The summed E-state index contributed by atoms with van der Waals surface area (Å²) in [7, 11) is 0. The van der Waals surface area contributed by atoms with Crippen molar-refractivity contribution in [3.05, 3.63) is 73.3 Å². The molecule has 0 unspecified atom stereocenters. The lowest BCUT2D eigenvalue weighted by Crippen LogP contribution is -2.21. The summed E-state index contributed by atoms with van der Waals surface area (Å²) in [5.74, 6) is -1.87. The van der Waals surface area contributed by atoms with Gasteiger partial charge in [-0.2, -0.15) is 13.2 Å². The summed E-state index contributed by atoms with van der Waals surface area (Å²) in [4.78, 5) is 17.5. The fraction of sp³-hybridized carbons (Fsp3) is 0.174. The first kappa shape index (κ1) is 22.8. The highest BCUT2D eigenvalue weighted by atomic mass is 19.4. The molecule has 0 aliphatic heterocycles. The fourth-order valence-electron chi connectivity index (χ4n) is 2.89. The number of carboxylic acid groups (broad SMARTS) is 1. The number of benzene rings is 1. The number of imidazole rings is 1. The predicted octanol–water partition coefficient (Wildman–Crippen LogP) is 5.48. The molecule has 0 fully saturated rings. The zero-order valence-electron chi connectivity index (χ0n) is 17.2. The van der Waals surface area contributed by atoms with Crippen LogP contribution in [0.5, 0.6) is 5.75 Å². The molecule has 0 saturated carbocycles. The van der Waals surface area contributed by atoms with Crippen LogP contribution < -0.4 is 4.74 Å². The molecule has 1 N–H and O–H groups in total. The summed E-state index contributed by atoms with van der Waals surface area (Å²) in [5, 5.41) is 7.12. The van der Waals surface area contributed by atoms with Crippen molar-refractivity contribution < 1.29 is 27.8 Å². The molecule has 3 aromatic heterocycles. The largest absolute Gasteiger partial charge is 0.491 e. The molecule has 0 amide bonds. The Hall–Kier alpha value is -3.88. The maximum absolute atomic E-state index is 10.6. The van der Waals surface area contributed by atoms with E-state index in [-0.39, 0.29) is 6.10 Å². The van der Waals surface area contributed by atoms with Crippen LogP contribution in [0.4, 0.5) is 13.2 Å². The van der Waals surface area contributed by atoms with Gasteiger partial charge in [0.1, 0.15) is 11.4 Å². The van der Waals surface area contributed by atoms with Crippen LogP contribution in [0.1, 0.15) is 13.8 Å². The Balaban J connectivity index is 0.000000360. The number of aliphatic carboxylic acids is 1. The minimum Gasteiger partial charge on any atom is -0.491 e. The Kier molecular flexibility index (Phi) is 6.77. The summed E-state index contributed by atoms with van der Waals surface area (Å²) >= 11 is 0. The maximum atomic E-state index is 10.6. The zero-order chi connectivity index (χ0) is 23.3. The number of carboxylic acids is 1. The number of aromatic nitrogens is 3. The molecule has 32 heavy (non-hydrogen) atoms. The Morgan fingerprint density at radius 3 is 2.19 bits per heavy atom. The monoisotopic (exact) mass is 443 g/mol. The zero-order valence-corrected chi connectivity index (χ0v) is 17.2. The van der Waals surface area contributed by atoms with Crippen molar-refractivity contribution in [2.75, 3.05) is 0 Å². The van der Waals surface area contributed by atoms with E-state index in [1.807, 2.05) is 44.3 Å². The molecule has 9 heteroatoms. The molecule has 0 radical (unpaired) electrons. The van der Waals surface area contributed by atoms with Crippen LogP contribution in [-0.2, 0) is 4.79 Å². The first-order valence-corrected chi connectivity index (χ1v) is 9.60. The molecular weight excluding hydrogens is 423 g/mol. The number of ether oxygens (including phenoxy) is 1. The van der Waals surface area contributed by atoms with Crippen molar-refractivity contribution in [1.29, 1.82) is 0 Å². The van der Waals surface area contributed by atoms with Crippen molar-refractivity contribution in [3.63, 3.8) is 0 Å². The molecule has 4 rings (SSSR count). The molecule has 0 saturated heterocycles. The van der Waals surface area contributed by atoms with Crippen molar-refractivity contribution in [2.24, 2.45) is 0 Å². The molecule has 6 nitrogen and oxygen atoms in total. The van der Waals surface area contributed by atoms with E-state index in [0.29, 0.717) is 0 Å². The van der Waals surface area contributed by atoms with Crippen molar-refractivity contribution in [1.82, 2.24) is 14.4 Å². The number of hydrogen-bond donors (Lipinski definition) is 1. The molecule has 1 aromatic carbocycles. The SMILES string of the molecule is CC(C)Oc1ccc(-c2ccn3c(-c4ccncc4)cnc3c2)cc1.O=C(O)C(F)(F)F. The van der Waals surface area contributed by atoms with E-state index in [2.05, 4.69) is 44.8 Å². The van der Waals surface area contributed by atoms with Gasteiger partial charge in [0.25, 0.3) is 0 Å². The van der Waals surface area contributed by atoms with Crippen LogP contribution in [0.25, 0.3) is 28.0 Å². The van der Waals surface area contributed by atoms with Crippen LogP contribution in [0.3, 0.4) is 0 Å². The molecule has 0 aliphatic carbocycles. The van der Waals surface area contributed by atoms with Crippen LogP contribution in [-0.4, -0.2) is 37.7 Å². The van der Waals surface area contributed by atoms with E-state index in [1.54, 1.807) is 12.4 Å². The van der Waals surface area contributed by atoms with Crippen molar-refractivity contribution in [3.8, 4) is 28.1 Å². The minimum absolute atomic E-state index is 0.179. The highest BCUT2D eigenvalue weighted by Gasteiger charge is 2.38. The summed E-state index contributed by atoms with van der Waals surface area (Å²) in [6.45, 7) is 4.06. The first-order valence-electron chi connectivity index (χ1n) is 9.60. The number of hydrogen-bond acceptors (Lipinski definition) is 4. The van der Waals surface area contributed by atoms with E-state index in [1.165, 1.54) is 0 Å². The van der Waals surface area contributed by atoms with Gasteiger partial charge in [0.15, 0.2) is 0 Å². The predicted molar refractivity (Wildman–Crippen MR) is 113 cm³/mol. The number of fused-ring (bicyclic) bond motifs is 1. The third kappa shape index (κ3) is 5.63. The van der Waals surface area contributed by atoms with Gasteiger partial charge in [0.2, 0.25) is 0 Å². The standard InChI is InChI=1S/C21H19N3O.C2HF3O2/c1-15(2)25-19-5-3-16(4-6-19)18-9-12-24-20(14-23-21(24)13-18)17-7-10-22-11-8-17;3-2(4,5)1(6)7/h3-15H,1-2H3;(H,6,7). The van der Waals surface area contributed by atoms with Crippen molar-refractivity contribution >= 4 is 11.6 Å². The van der Waals surface area contributed by atoms with E-state index in [0.717, 1.165) is 33.8 Å². The van der Waals surface area contributed by atoms with Gasteiger partial charge in [-0.25, -0.2) is 9.78 Å². The summed E-state index contributed by atoms with van der Waals surface area (Å²) in [6, 6.07) is 16.4. The van der Waals surface area contributed by atoms with Gasteiger partial charge in [-0.05, 0) is 61.4 Å². The molecule has 4 aromatic rings. The summed E-state index contributed by atoms with van der Waals surface area (Å²) in [5.41, 5.74) is 5.37. The second-order valence-corrected chi connectivity index (χ2v) is 7.02. The normalized spacial score (nSPS) is 11.2. The molecule has 3 heterocycles. The van der Waals surface area contributed by atoms with Crippen LogP contribution in [0.15, 0.2) is 73.3 Å². The molecule has 0 atom stereocenters. The number of nitrogens with zero attached hydrogens (tertiary/aromatic N) is 3. The van der Waals surface area contributed by atoms with E-state index >= 15 is 0 Å². The van der Waals surface area contributed by atoms with Crippen LogP contribution in [0, 0.1) is 0 Å². The number of alkyl halides is 3. The highest BCUT2D eigenvalue weighted by Crippen LogP contribution is 2.26. The average molecular weight is 443 g/mol. The lowest BCUT2D eigenvalue weighted by atomic mass is 10.1. The van der Waals surface area contributed by atoms with Gasteiger partial charge in [0.05, 0.1) is 18.0 Å². The Bertz CT molecular complexity index is 1190. The highest BCUT2D eigenvalue weighted by molar-refractivity contribution is 5.73. The topological polar surface area (TPSA) is 76.7 Å². The van der Waals surface area contributed by atoms with Gasteiger partial charge >= 0.3 is 12.1 Å². The third-order valence-corrected chi connectivity index (χ3v) is 4.29. The van der Waals surface area contributed by atoms with Crippen LogP contribution in [0.2, 0.25) is 0 Å². The number of rotatable bonds is 4. The molecule has 0 aliphatic rings. The molecule has 0 bridgehead atoms. The molecule has 166 valence electrons. The summed E-state index contributed by atoms with van der Waals surface area (Å²) < 4.78 is 39.5. The van der Waals surface area contributed by atoms with Gasteiger partial charge in [-0.3, -0.25) is 9.38 Å². The Morgan fingerprint density at radius 2 is 1.62 bits per heavy atom. The second kappa shape index (κ2) is 9.51. The number of halogens is 3. The lowest BCUT2D eigenvalue weighted by molar-refractivity contribution is -0.192. The minimum atomic E-state index is -5.08. The van der Waals surface area contributed by atoms with E-state index in [9.17, 15) is 13.2 Å². The Labute approximate surface area is 181 Å². The lowest BCUT2D eigenvalue weighted by Gasteiger charge is -2.10. The second-order valence-electron chi connectivity index (χ2n) is 7.02. The van der Waals surface area contributed by atoms with Gasteiger partial charge in [0, 0.05) is 24.2 Å². The van der Waals surface area contributed by atoms with Gasteiger partial charge < -0.3 is 9.84 Å². The number of pyridine rings is 2. The number of carbonyl (C=O) groups is 1. The maximum Gasteiger partial charge on any atom is 0.490 e. The molecular formula is C23H20F3N3O3. The van der Waals surface area contributed by atoms with Crippen molar-refractivity contribution in [2.45, 2.75) is 26.1 Å². The smallest absolute Gasteiger partial charge is 0.490 e. The quantitative estimate of drug-likeness (QED) is 0.452. The van der Waals surface area contributed by atoms with E-state index in [4.69, 9.17) is 14.6 Å². The summed E-state index contributed by atoms with van der Waals surface area (Å²) in [6.07, 6.45) is 2.65. The van der Waals surface area contributed by atoms with E-state index < -0.39 is 12.1 Å². The fourth-order valence-corrected chi connectivity index (χ4v) is 2.89. The Morgan fingerprint density at radius 1 is 1.00 bits per heavy atom.